The van der Waals surface area contributed by atoms with Gasteiger partial charge in [-0.2, -0.15) is 0 Å². The van der Waals surface area contributed by atoms with Crippen molar-refractivity contribution in [1.82, 2.24) is 14.8 Å². The maximum Gasteiger partial charge on any atom is 0.255 e. The number of nitrogens with zero attached hydrogens (tertiary/aromatic N) is 3. The summed E-state index contributed by atoms with van der Waals surface area (Å²) in [5.41, 5.74) is 0.537. The molecule has 5 nitrogen and oxygen atoms in total. The highest BCUT2D eigenvalue weighted by atomic mass is 35.5. The molecule has 0 aromatic carbocycles. The molecule has 2 fully saturated rings. The second kappa shape index (κ2) is 5.64. The van der Waals surface area contributed by atoms with Gasteiger partial charge in [0.05, 0.1) is 5.56 Å². The van der Waals surface area contributed by atoms with Crippen molar-refractivity contribution in [3.8, 4) is 0 Å². The van der Waals surface area contributed by atoms with Gasteiger partial charge < -0.3 is 9.80 Å². The number of amides is 2. The smallest absolute Gasteiger partial charge is 0.255 e. The van der Waals surface area contributed by atoms with Crippen LogP contribution >= 0.6 is 11.6 Å². The maximum atomic E-state index is 12.3. The first-order chi connectivity index (χ1) is 10.1. The molecule has 2 aliphatic rings. The molecule has 2 heterocycles. The first-order valence-electron chi connectivity index (χ1n) is 7.26. The highest BCUT2D eigenvalue weighted by Crippen LogP contribution is 2.39. The summed E-state index contributed by atoms with van der Waals surface area (Å²) in [6.07, 6.45) is 2.50. The SMILES string of the molecule is C[C@@H]1C[C@H]1C(=O)N1CCN(C(=O)c2ccc(Cl)nc2)CC1. The van der Waals surface area contributed by atoms with Gasteiger partial charge in [0.25, 0.3) is 5.91 Å². The first-order valence-corrected chi connectivity index (χ1v) is 7.63. The van der Waals surface area contributed by atoms with Gasteiger partial charge in [-0.15, -0.1) is 0 Å². The van der Waals surface area contributed by atoms with Gasteiger partial charge in [-0.1, -0.05) is 18.5 Å². The molecule has 3 rings (SSSR count). The van der Waals surface area contributed by atoms with Crippen molar-refractivity contribution < 1.29 is 9.59 Å². The van der Waals surface area contributed by atoms with Crippen LogP contribution in [0.4, 0.5) is 0 Å². The van der Waals surface area contributed by atoms with Crippen LogP contribution in [0.5, 0.6) is 0 Å². The van der Waals surface area contributed by atoms with E-state index in [1.165, 1.54) is 6.20 Å². The van der Waals surface area contributed by atoms with Crippen LogP contribution in [0.1, 0.15) is 23.7 Å². The average molecular weight is 308 g/mol. The Labute approximate surface area is 128 Å². The summed E-state index contributed by atoms with van der Waals surface area (Å²) in [4.78, 5) is 32.1. The molecule has 0 N–H and O–H groups in total. The van der Waals surface area contributed by atoms with E-state index in [1.54, 1.807) is 17.0 Å². The number of halogens is 1. The molecular weight excluding hydrogens is 290 g/mol. The fourth-order valence-electron chi connectivity index (χ4n) is 2.72. The summed E-state index contributed by atoms with van der Waals surface area (Å²) in [6.45, 7) is 4.50. The third-order valence-electron chi connectivity index (χ3n) is 4.28. The van der Waals surface area contributed by atoms with Crippen LogP contribution < -0.4 is 0 Å². The summed E-state index contributed by atoms with van der Waals surface area (Å²) >= 11 is 5.72. The van der Waals surface area contributed by atoms with E-state index < -0.39 is 0 Å². The lowest BCUT2D eigenvalue weighted by molar-refractivity contribution is -0.134. The van der Waals surface area contributed by atoms with Gasteiger partial charge in [0, 0.05) is 38.3 Å². The van der Waals surface area contributed by atoms with E-state index >= 15 is 0 Å². The Morgan fingerprint density at radius 1 is 1.19 bits per heavy atom. The van der Waals surface area contributed by atoms with E-state index in [0.29, 0.717) is 42.8 Å². The number of rotatable bonds is 2. The van der Waals surface area contributed by atoms with E-state index in [4.69, 9.17) is 11.6 Å². The van der Waals surface area contributed by atoms with Crippen LogP contribution in [0, 0.1) is 11.8 Å². The molecule has 1 aromatic heterocycles. The van der Waals surface area contributed by atoms with Crippen molar-refractivity contribution in [2.24, 2.45) is 11.8 Å². The number of pyridine rings is 1. The minimum Gasteiger partial charge on any atom is -0.339 e. The summed E-state index contributed by atoms with van der Waals surface area (Å²) in [5.74, 6) is 0.943. The van der Waals surface area contributed by atoms with Crippen LogP contribution in [0.2, 0.25) is 5.15 Å². The van der Waals surface area contributed by atoms with Crippen LogP contribution in [-0.4, -0.2) is 52.8 Å². The molecule has 21 heavy (non-hydrogen) atoms. The second-order valence-corrected chi connectivity index (χ2v) is 6.19. The molecule has 0 bridgehead atoms. The Balaban J connectivity index is 1.56. The third kappa shape index (κ3) is 3.02. The second-order valence-electron chi connectivity index (χ2n) is 5.81. The number of aromatic nitrogens is 1. The lowest BCUT2D eigenvalue weighted by Crippen LogP contribution is -2.51. The lowest BCUT2D eigenvalue weighted by atomic mass is 10.2. The molecular formula is C15H18ClN3O2. The van der Waals surface area contributed by atoms with E-state index in [1.807, 2.05) is 4.90 Å². The zero-order chi connectivity index (χ0) is 15.0. The van der Waals surface area contributed by atoms with Gasteiger partial charge in [0.2, 0.25) is 5.91 Å². The van der Waals surface area contributed by atoms with Crippen LogP contribution in [-0.2, 0) is 4.79 Å². The Bertz CT molecular complexity index is 553. The quantitative estimate of drug-likeness (QED) is 0.781. The molecule has 6 heteroatoms. The predicted molar refractivity (Wildman–Crippen MR) is 79.0 cm³/mol. The molecule has 1 aromatic rings. The van der Waals surface area contributed by atoms with Crippen LogP contribution in [0.25, 0.3) is 0 Å². The van der Waals surface area contributed by atoms with Crippen molar-refractivity contribution in [2.75, 3.05) is 26.2 Å². The topological polar surface area (TPSA) is 53.5 Å². The Hall–Kier alpha value is -1.62. The lowest BCUT2D eigenvalue weighted by Gasteiger charge is -2.35. The van der Waals surface area contributed by atoms with Crippen LogP contribution in [0.15, 0.2) is 18.3 Å². The maximum absolute atomic E-state index is 12.3. The van der Waals surface area contributed by atoms with Crippen molar-refractivity contribution in [2.45, 2.75) is 13.3 Å². The summed E-state index contributed by atoms with van der Waals surface area (Å²) in [6, 6.07) is 3.30. The molecule has 2 amide bonds. The normalized spacial score (nSPS) is 24.9. The standard InChI is InChI=1S/C15H18ClN3O2/c1-10-8-12(10)15(21)19-6-4-18(5-7-19)14(20)11-2-3-13(16)17-9-11/h2-3,9-10,12H,4-8H2,1H3/t10-,12-/m1/s1. The largest absolute Gasteiger partial charge is 0.339 e. The van der Waals surface area contributed by atoms with E-state index in [-0.39, 0.29) is 17.7 Å². The van der Waals surface area contributed by atoms with E-state index in [9.17, 15) is 9.59 Å². The highest BCUT2D eigenvalue weighted by molar-refractivity contribution is 6.29. The van der Waals surface area contributed by atoms with Crippen molar-refractivity contribution in [1.29, 1.82) is 0 Å². The van der Waals surface area contributed by atoms with Crippen molar-refractivity contribution >= 4 is 23.4 Å². The fourth-order valence-corrected chi connectivity index (χ4v) is 2.83. The fraction of sp³-hybridized carbons (Fsp3) is 0.533. The van der Waals surface area contributed by atoms with Gasteiger partial charge in [-0.25, -0.2) is 4.98 Å². The van der Waals surface area contributed by atoms with E-state index in [2.05, 4.69) is 11.9 Å². The average Bonchev–Trinajstić information content (AvgIpc) is 3.24. The van der Waals surface area contributed by atoms with Crippen molar-refractivity contribution in [3.63, 3.8) is 0 Å². The minimum absolute atomic E-state index is 0.0499. The van der Waals surface area contributed by atoms with Gasteiger partial charge >= 0.3 is 0 Å². The minimum atomic E-state index is -0.0499. The Morgan fingerprint density at radius 3 is 2.33 bits per heavy atom. The van der Waals surface area contributed by atoms with Gasteiger partial charge in [-0.05, 0) is 24.5 Å². The zero-order valence-electron chi connectivity index (χ0n) is 12.0. The zero-order valence-corrected chi connectivity index (χ0v) is 12.7. The van der Waals surface area contributed by atoms with E-state index in [0.717, 1.165) is 6.42 Å². The van der Waals surface area contributed by atoms with Gasteiger partial charge in [-0.3, -0.25) is 9.59 Å². The number of carbonyl (C=O) groups excluding carboxylic acids is 2. The molecule has 1 aliphatic heterocycles. The summed E-state index contributed by atoms with van der Waals surface area (Å²) in [5, 5.41) is 0.375. The predicted octanol–water partition coefficient (Wildman–Crippen LogP) is 1.68. The Kier molecular flexibility index (Phi) is 3.85. The summed E-state index contributed by atoms with van der Waals surface area (Å²) < 4.78 is 0. The first kappa shape index (κ1) is 14.3. The molecule has 1 saturated heterocycles. The molecule has 0 radical (unpaired) electrons. The van der Waals surface area contributed by atoms with Crippen LogP contribution in [0.3, 0.4) is 0 Å². The number of hydrogen-bond acceptors (Lipinski definition) is 3. The number of hydrogen-bond donors (Lipinski definition) is 0. The number of carbonyl (C=O) groups is 2. The van der Waals surface area contributed by atoms with Crippen molar-refractivity contribution in [3.05, 3.63) is 29.0 Å². The van der Waals surface area contributed by atoms with Gasteiger partial charge in [0.1, 0.15) is 5.15 Å². The monoisotopic (exact) mass is 307 g/mol. The molecule has 1 saturated carbocycles. The number of piperazine rings is 1. The molecule has 2 atom stereocenters. The third-order valence-corrected chi connectivity index (χ3v) is 4.50. The molecule has 1 aliphatic carbocycles. The molecule has 0 unspecified atom stereocenters. The molecule has 0 spiro atoms. The Morgan fingerprint density at radius 2 is 1.81 bits per heavy atom. The van der Waals surface area contributed by atoms with Gasteiger partial charge in [0.15, 0.2) is 0 Å². The molecule has 112 valence electrons. The summed E-state index contributed by atoms with van der Waals surface area (Å²) in [7, 11) is 0. The highest BCUT2D eigenvalue weighted by Gasteiger charge is 2.42.